The standard InChI is InChI=1S/C24H18N2O5S/c1-15-9-11-18(12-10-15)32(30,31)26-21-14-22(23(27)20-8-3-2-7-19(20)21)25-17-6-4-5-16(13-17)24(28)29/h2-14,25H,1H3,(H,28,29)/p-1. The Balaban J connectivity index is 1.80. The summed E-state index contributed by atoms with van der Waals surface area (Å²) in [6, 6.07) is 18.7. The van der Waals surface area contributed by atoms with Gasteiger partial charge < -0.3 is 15.2 Å². The van der Waals surface area contributed by atoms with E-state index in [2.05, 4.69) is 9.71 Å². The van der Waals surface area contributed by atoms with Gasteiger partial charge in [-0.25, -0.2) is 0 Å². The van der Waals surface area contributed by atoms with Gasteiger partial charge >= 0.3 is 0 Å². The van der Waals surface area contributed by atoms with E-state index in [1.807, 2.05) is 6.92 Å². The molecule has 0 unspecified atom stereocenters. The lowest BCUT2D eigenvalue weighted by Crippen LogP contribution is -2.24. The third kappa shape index (κ3) is 4.21. The Kier molecular flexibility index (Phi) is 5.46. The van der Waals surface area contributed by atoms with E-state index in [0.717, 1.165) is 5.56 Å². The number of nitrogens with one attached hydrogen (secondary N) is 1. The van der Waals surface area contributed by atoms with Gasteiger partial charge in [0.1, 0.15) is 0 Å². The number of benzene rings is 3. The van der Waals surface area contributed by atoms with Crippen LogP contribution in [0.15, 0.2) is 93.9 Å². The lowest BCUT2D eigenvalue weighted by Gasteiger charge is -2.19. The van der Waals surface area contributed by atoms with Crippen LogP contribution in [0.25, 0.3) is 0 Å². The first-order valence-electron chi connectivity index (χ1n) is 9.60. The molecule has 7 nitrogen and oxygen atoms in total. The van der Waals surface area contributed by atoms with E-state index in [4.69, 9.17) is 0 Å². The molecule has 0 fully saturated rings. The highest BCUT2D eigenvalue weighted by Gasteiger charge is 2.26. The number of fused-ring (bicyclic) bond motifs is 1. The Morgan fingerprint density at radius 1 is 0.938 bits per heavy atom. The molecule has 0 heterocycles. The second-order valence-corrected chi connectivity index (χ2v) is 8.79. The van der Waals surface area contributed by atoms with E-state index in [1.54, 1.807) is 42.5 Å². The van der Waals surface area contributed by atoms with Crippen LogP contribution in [0.1, 0.15) is 31.8 Å². The Bertz CT molecular complexity index is 1400. The van der Waals surface area contributed by atoms with Gasteiger partial charge in [-0.2, -0.15) is 12.8 Å². The minimum atomic E-state index is -4.03. The Morgan fingerprint density at radius 3 is 2.31 bits per heavy atom. The van der Waals surface area contributed by atoms with Crippen molar-refractivity contribution in [2.75, 3.05) is 5.32 Å². The number of hydrogen-bond donors (Lipinski definition) is 1. The number of Topliss-reactive ketones (excluding diaryl/α,β-unsaturated/α-hetero) is 1. The summed E-state index contributed by atoms with van der Waals surface area (Å²) in [6.45, 7) is 1.85. The molecule has 0 aromatic heterocycles. The van der Waals surface area contributed by atoms with E-state index < -0.39 is 16.0 Å². The summed E-state index contributed by atoms with van der Waals surface area (Å²) < 4.78 is 29.8. The molecule has 8 heteroatoms. The van der Waals surface area contributed by atoms with Gasteiger partial charge in [0.2, 0.25) is 5.78 Å². The first kappa shape index (κ1) is 21.2. The second-order valence-electron chi connectivity index (χ2n) is 7.19. The first-order chi connectivity index (χ1) is 15.2. The van der Waals surface area contributed by atoms with Gasteiger partial charge in [0, 0.05) is 16.8 Å². The topological polar surface area (TPSA) is 116 Å². The van der Waals surface area contributed by atoms with E-state index in [9.17, 15) is 23.1 Å². The number of nitrogens with zero attached hydrogens (tertiary/aromatic N) is 1. The SMILES string of the molecule is Cc1ccc(S(=O)(=O)N=C2C=C(Nc3cccc(C(=O)[O-])c3)C(=O)c3ccccc32)cc1. The monoisotopic (exact) mass is 445 g/mol. The fraction of sp³-hybridized carbons (Fsp3) is 0.0417. The summed E-state index contributed by atoms with van der Waals surface area (Å²) in [5.74, 6) is -1.72. The van der Waals surface area contributed by atoms with Crippen molar-refractivity contribution in [1.82, 2.24) is 0 Å². The number of ketones is 1. The lowest BCUT2D eigenvalue weighted by molar-refractivity contribution is -0.255. The number of carbonyl (C=O) groups excluding carboxylic acids is 2. The molecule has 0 atom stereocenters. The quantitative estimate of drug-likeness (QED) is 0.646. The number of carboxylic acids is 1. The Labute approximate surface area is 184 Å². The van der Waals surface area contributed by atoms with E-state index >= 15 is 0 Å². The van der Waals surface area contributed by atoms with Crippen molar-refractivity contribution < 1.29 is 23.1 Å². The predicted molar refractivity (Wildman–Crippen MR) is 118 cm³/mol. The molecular formula is C24H17N2O5S-. The molecule has 1 aliphatic carbocycles. The molecule has 0 aliphatic heterocycles. The zero-order valence-corrected chi connectivity index (χ0v) is 17.7. The molecule has 0 saturated heterocycles. The Hall–Kier alpha value is -4.04. The summed E-state index contributed by atoms with van der Waals surface area (Å²) in [4.78, 5) is 24.2. The summed E-state index contributed by atoms with van der Waals surface area (Å²) in [7, 11) is -4.03. The number of carboxylic acid groups (broad SMARTS) is 1. The maximum Gasteiger partial charge on any atom is 0.282 e. The number of carbonyl (C=O) groups is 2. The summed E-state index contributed by atoms with van der Waals surface area (Å²) >= 11 is 0. The van der Waals surface area contributed by atoms with Crippen LogP contribution < -0.4 is 10.4 Å². The molecule has 3 aromatic carbocycles. The van der Waals surface area contributed by atoms with Crippen LogP contribution in [0.5, 0.6) is 0 Å². The van der Waals surface area contributed by atoms with Crippen molar-refractivity contribution in [2.45, 2.75) is 11.8 Å². The fourth-order valence-electron chi connectivity index (χ4n) is 3.27. The highest BCUT2D eigenvalue weighted by atomic mass is 32.2. The van der Waals surface area contributed by atoms with Crippen LogP contribution in [-0.2, 0) is 10.0 Å². The summed E-state index contributed by atoms with van der Waals surface area (Å²) in [5, 5.41) is 14.0. The highest BCUT2D eigenvalue weighted by Crippen LogP contribution is 2.25. The van der Waals surface area contributed by atoms with Crippen LogP contribution >= 0.6 is 0 Å². The number of allylic oxidation sites excluding steroid dienone is 2. The van der Waals surface area contributed by atoms with Gasteiger partial charge in [0.25, 0.3) is 10.0 Å². The second kappa shape index (κ2) is 8.24. The predicted octanol–water partition coefficient (Wildman–Crippen LogP) is 2.73. The maximum absolute atomic E-state index is 13.0. The van der Waals surface area contributed by atoms with Crippen LogP contribution in [0.3, 0.4) is 0 Å². The molecule has 0 radical (unpaired) electrons. The van der Waals surface area contributed by atoms with Gasteiger partial charge in [-0.3, -0.25) is 4.79 Å². The number of aromatic carboxylic acids is 1. The van der Waals surface area contributed by atoms with Crippen molar-refractivity contribution in [3.8, 4) is 0 Å². The molecule has 0 amide bonds. The summed E-state index contributed by atoms with van der Waals surface area (Å²) in [5.41, 5.74) is 2.03. The normalized spacial score (nSPS) is 14.6. The van der Waals surface area contributed by atoms with Gasteiger partial charge in [-0.1, -0.05) is 54.1 Å². The van der Waals surface area contributed by atoms with Crippen LogP contribution in [0.4, 0.5) is 5.69 Å². The van der Waals surface area contributed by atoms with Gasteiger partial charge in [-0.15, -0.1) is 0 Å². The lowest BCUT2D eigenvalue weighted by atomic mass is 9.92. The van der Waals surface area contributed by atoms with E-state index in [0.29, 0.717) is 11.3 Å². The number of aryl methyl sites for hydroxylation is 1. The van der Waals surface area contributed by atoms with Crippen LogP contribution in [-0.4, -0.2) is 25.9 Å². The van der Waals surface area contributed by atoms with Crippen molar-refractivity contribution in [2.24, 2.45) is 4.40 Å². The minimum Gasteiger partial charge on any atom is -0.545 e. The zero-order chi connectivity index (χ0) is 22.9. The zero-order valence-electron chi connectivity index (χ0n) is 16.9. The molecule has 0 spiro atoms. The maximum atomic E-state index is 13.0. The average molecular weight is 445 g/mol. The fourth-order valence-corrected chi connectivity index (χ4v) is 4.27. The molecule has 0 bridgehead atoms. The van der Waals surface area contributed by atoms with Crippen molar-refractivity contribution in [3.05, 3.63) is 107 Å². The highest BCUT2D eigenvalue weighted by molar-refractivity contribution is 7.90. The average Bonchev–Trinajstić information content (AvgIpc) is 2.77. The van der Waals surface area contributed by atoms with Crippen molar-refractivity contribution in [3.63, 3.8) is 0 Å². The molecule has 4 rings (SSSR count). The van der Waals surface area contributed by atoms with Crippen LogP contribution in [0.2, 0.25) is 0 Å². The van der Waals surface area contributed by atoms with E-state index in [-0.39, 0.29) is 33.2 Å². The van der Waals surface area contributed by atoms with Crippen LogP contribution in [0, 0.1) is 6.92 Å². The molecular weight excluding hydrogens is 428 g/mol. The largest absolute Gasteiger partial charge is 0.545 e. The summed E-state index contributed by atoms with van der Waals surface area (Å²) in [6.07, 6.45) is 1.35. The molecule has 160 valence electrons. The third-order valence-corrected chi connectivity index (χ3v) is 6.19. The van der Waals surface area contributed by atoms with Crippen molar-refractivity contribution >= 4 is 33.2 Å². The molecule has 32 heavy (non-hydrogen) atoms. The van der Waals surface area contributed by atoms with Gasteiger partial charge in [0.05, 0.1) is 22.3 Å². The third-order valence-electron chi connectivity index (χ3n) is 4.89. The van der Waals surface area contributed by atoms with Gasteiger partial charge in [0.15, 0.2) is 0 Å². The molecule has 0 saturated carbocycles. The Morgan fingerprint density at radius 2 is 1.62 bits per heavy atom. The number of sulfonamides is 1. The molecule has 1 N–H and O–H groups in total. The minimum absolute atomic E-state index is 0.0366. The molecule has 3 aromatic rings. The smallest absolute Gasteiger partial charge is 0.282 e. The molecule has 1 aliphatic rings. The van der Waals surface area contributed by atoms with Gasteiger partial charge in [-0.05, 0) is 42.8 Å². The van der Waals surface area contributed by atoms with Crippen molar-refractivity contribution in [1.29, 1.82) is 0 Å². The number of anilines is 1. The van der Waals surface area contributed by atoms with E-state index in [1.165, 1.54) is 36.4 Å². The first-order valence-corrected chi connectivity index (χ1v) is 11.0. The number of hydrogen-bond acceptors (Lipinski definition) is 6. The number of rotatable bonds is 5.